The lowest BCUT2D eigenvalue weighted by molar-refractivity contribution is -0.139. The average molecular weight is 231 g/mol. The topological polar surface area (TPSA) is 57.6 Å². The second-order valence-corrected chi connectivity index (χ2v) is 4.54. The number of amides is 1. The minimum Gasteiger partial charge on any atom is -0.481 e. The number of nitrogens with zero attached hydrogens (tertiary/aromatic N) is 1. The number of thiocarbonyl (C=S) groups is 1. The van der Waals surface area contributed by atoms with E-state index in [0.29, 0.717) is 10.9 Å². The van der Waals surface area contributed by atoms with Crippen LogP contribution in [0.3, 0.4) is 0 Å². The molecule has 76 valence electrons. The summed E-state index contributed by atoms with van der Waals surface area (Å²) in [6.45, 7) is 3.85. The molecule has 0 aromatic carbocycles. The summed E-state index contributed by atoms with van der Waals surface area (Å²) in [6, 6.07) is 0. The number of carboxylic acids is 1. The van der Waals surface area contributed by atoms with Crippen molar-refractivity contribution in [3.05, 3.63) is 12.7 Å². The van der Waals surface area contributed by atoms with Crippen LogP contribution in [-0.2, 0) is 9.59 Å². The molecule has 6 heteroatoms. The largest absolute Gasteiger partial charge is 0.481 e. The number of rotatable bonds is 4. The molecule has 1 rings (SSSR count). The van der Waals surface area contributed by atoms with Crippen molar-refractivity contribution in [2.45, 2.75) is 11.7 Å². The van der Waals surface area contributed by atoms with Crippen molar-refractivity contribution >= 4 is 40.2 Å². The summed E-state index contributed by atoms with van der Waals surface area (Å²) in [6.07, 6.45) is 1.38. The predicted molar refractivity (Wildman–Crippen MR) is 58.1 cm³/mol. The number of hydrogen-bond acceptors (Lipinski definition) is 4. The van der Waals surface area contributed by atoms with E-state index in [4.69, 9.17) is 17.3 Å². The van der Waals surface area contributed by atoms with E-state index in [0.717, 1.165) is 11.8 Å². The lowest BCUT2D eigenvalue weighted by atomic mass is 10.3. The Labute approximate surface area is 91.0 Å². The van der Waals surface area contributed by atoms with Gasteiger partial charge < -0.3 is 5.11 Å². The molecule has 0 radical (unpaired) electrons. The third-order valence-corrected chi connectivity index (χ3v) is 3.26. The van der Waals surface area contributed by atoms with Crippen LogP contribution < -0.4 is 0 Å². The first kappa shape index (κ1) is 11.2. The number of carbonyl (C=O) groups is 2. The molecule has 0 aliphatic carbocycles. The van der Waals surface area contributed by atoms with Crippen LogP contribution in [0.15, 0.2) is 12.7 Å². The van der Waals surface area contributed by atoms with Crippen molar-refractivity contribution in [2.24, 2.45) is 0 Å². The van der Waals surface area contributed by atoms with Crippen LogP contribution in [0, 0.1) is 0 Å². The van der Waals surface area contributed by atoms with Crippen molar-refractivity contribution in [1.82, 2.24) is 4.90 Å². The van der Waals surface area contributed by atoms with Crippen molar-refractivity contribution in [2.75, 3.05) is 6.54 Å². The molecule has 0 aromatic heterocycles. The van der Waals surface area contributed by atoms with E-state index in [9.17, 15) is 9.59 Å². The van der Waals surface area contributed by atoms with E-state index < -0.39 is 11.2 Å². The maximum Gasteiger partial charge on any atom is 0.305 e. The molecule has 1 aliphatic heterocycles. The summed E-state index contributed by atoms with van der Waals surface area (Å²) >= 11 is 6.07. The monoisotopic (exact) mass is 231 g/mol. The molecule has 0 aromatic rings. The van der Waals surface area contributed by atoms with Gasteiger partial charge in [0, 0.05) is 6.54 Å². The maximum absolute atomic E-state index is 11.5. The minimum atomic E-state index is -0.987. The van der Waals surface area contributed by atoms with Gasteiger partial charge in [-0.05, 0) is 0 Å². The van der Waals surface area contributed by atoms with Gasteiger partial charge in [-0.3, -0.25) is 14.5 Å². The number of carbonyl (C=O) groups excluding carboxylic acids is 1. The SMILES string of the molecule is C=CCN1C(=O)C(CC(=O)O)SC1=S. The molecule has 1 atom stereocenters. The molecule has 1 fully saturated rings. The molecule has 1 heterocycles. The molecule has 1 N–H and O–H groups in total. The van der Waals surface area contributed by atoms with Gasteiger partial charge in [0.2, 0.25) is 5.91 Å². The Balaban J connectivity index is 2.68. The summed E-state index contributed by atoms with van der Waals surface area (Å²) in [5, 5.41) is 7.98. The fourth-order valence-corrected chi connectivity index (χ4v) is 2.58. The Morgan fingerprint density at radius 1 is 1.79 bits per heavy atom. The fraction of sp³-hybridized carbons (Fsp3) is 0.375. The molecule has 1 amide bonds. The Hall–Kier alpha value is -0.880. The van der Waals surface area contributed by atoms with Crippen molar-refractivity contribution in [1.29, 1.82) is 0 Å². The third-order valence-electron chi connectivity index (χ3n) is 1.68. The van der Waals surface area contributed by atoms with E-state index in [1.54, 1.807) is 6.08 Å². The fourth-order valence-electron chi connectivity index (χ4n) is 1.08. The molecule has 0 spiro atoms. The first-order valence-corrected chi connectivity index (χ1v) is 5.19. The Kier molecular flexibility index (Phi) is 3.65. The van der Waals surface area contributed by atoms with Crippen LogP contribution in [-0.4, -0.2) is 38.0 Å². The second kappa shape index (κ2) is 4.56. The average Bonchev–Trinajstić information content (AvgIpc) is 2.32. The highest BCUT2D eigenvalue weighted by molar-refractivity contribution is 8.24. The van der Waals surface area contributed by atoms with Gasteiger partial charge in [0.25, 0.3) is 0 Å². The molecule has 1 saturated heterocycles. The standard InChI is InChI=1S/C8H9NO3S2/c1-2-3-9-7(12)5(4-6(10)11)14-8(9)13/h2,5H,1,3-4H2,(H,10,11). The Morgan fingerprint density at radius 3 is 2.93 bits per heavy atom. The van der Waals surface area contributed by atoms with Crippen molar-refractivity contribution < 1.29 is 14.7 Å². The predicted octanol–water partition coefficient (Wildman–Crippen LogP) is 0.876. The molecule has 0 bridgehead atoms. The van der Waals surface area contributed by atoms with E-state index in [1.807, 2.05) is 0 Å². The molecule has 1 aliphatic rings. The quantitative estimate of drug-likeness (QED) is 0.575. The summed E-state index contributed by atoms with van der Waals surface area (Å²) in [7, 11) is 0. The van der Waals surface area contributed by atoms with Gasteiger partial charge in [-0.15, -0.1) is 6.58 Å². The number of hydrogen-bond donors (Lipinski definition) is 1. The van der Waals surface area contributed by atoms with Gasteiger partial charge >= 0.3 is 5.97 Å². The Bertz CT molecular complexity index is 303. The smallest absolute Gasteiger partial charge is 0.305 e. The van der Waals surface area contributed by atoms with Gasteiger partial charge in [0.15, 0.2) is 0 Å². The summed E-state index contributed by atoms with van der Waals surface area (Å²) in [5.41, 5.74) is 0. The first-order valence-electron chi connectivity index (χ1n) is 3.91. The maximum atomic E-state index is 11.5. The van der Waals surface area contributed by atoms with Gasteiger partial charge in [-0.25, -0.2) is 0 Å². The number of thioether (sulfide) groups is 1. The van der Waals surface area contributed by atoms with E-state index in [1.165, 1.54) is 4.90 Å². The highest BCUT2D eigenvalue weighted by Gasteiger charge is 2.37. The van der Waals surface area contributed by atoms with Gasteiger partial charge in [-0.2, -0.15) is 0 Å². The zero-order valence-electron chi connectivity index (χ0n) is 7.30. The number of carboxylic acid groups (broad SMARTS) is 1. The summed E-state index contributed by atoms with van der Waals surface area (Å²) in [5.74, 6) is -1.22. The summed E-state index contributed by atoms with van der Waals surface area (Å²) < 4.78 is 0.432. The van der Waals surface area contributed by atoms with Gasteiger partial charge in [0.1, 0.15) is 9.57 Å². The van der Waals surface area contributed by atoms with E-state index in [2.05, 4.69) is 6.58 Å². The van der Waals surface area contributed by atoms with Crippen molar-refractivity contribution in [3.63, 3.8) is 0 Å². The van der Waals surface area contributed by atoms with E-state index >= 15 is 0 Å². The van der Waals surface area contributed by atoms with Crippen LogP contribution in [0.2, 0.25) is 0 Å². The summed E-state index contributed by atoms with van der Waals surface area (Å²) in [4.78, 5) is 23.3. The first-order chi connectivity index (χ1) is 6.56. The van der Waals surface area contributed by atoms with Crippen molar-refractivity contribution in [3.8, 4) is 0 Å². The lowest BCUT2D eigenvalue weighted by Gasteiger charge is -2.11. The zero-order chi connectivity index (χ0) is 10.7. The van der Waals surface area contributed by atoms with Crippen LogP contribution in [0.4, 0.5) is 0 Å². The normalized spacial score (nSPS) is 21.4. The van der Waals surface area contributed by atoms with E-state index in [-0.39, 0.29) is 12.3 Å². The second-order valence-electron chi connectivity index (χ2n) is 2.71. The molecule has 4 nitrogen and oxygen atoms in total. The minimum absolute atomic E-state index is 0.183. The molecule has 14 heavy (non-hydrogen) atoms. The van der Waals surface area contributed by atoms with Gasteiger partial charge in [0.05, 0.1) is 6.42 Å². The highest BCUT2D eigenvalue weighted by atomic mass is 32.2. The van der Waals surface area contributed by atoms with Crippen LogP contribution in [0.25, 0.3) is 0 Å². The van der Waals surface area contributed by atoms with Crippen LogP contribution >= 0.6 is 24.0 Å². The molecular weight excluding hydrogens is 222 g/mol. The third kappa shape index (κ3) is 2.33. The molecule has 1 unspecified atom stereocenters. The Morgan fingerprint density at radius 2 is 2.43 bits per heavy atom. The number of aliphatic carboxylic acids is 1. The van der Waals surface area contributed by atoms with Crippen LogP contribution in [0.1, 0.15) is 6.42 Å². The zero-order valence-corrected chi connectivity index (χ0v) is 8.94. The molecular formula is C8H9NO3S2. The van der Waals surface area contributed by atoms with Gasteiger partial charge in [-0.1, -0.05) is 30.1 Å². The lowest BCUT2D eigenvalue weighted by Crippen LogP contribution is -2.32. The molecule has 0 saturated carbocycles. The highest BCUT2D eigenvalue weighted by Crippen LogP contribution is 2.29. The van der Waals surface area contributed by atoms with Crippen LogP contribution in [0.5, 0.6) is 0 Å².